The smallest absolute Gasteiger partial charge is 0.322 e. The van der Waals surface area contributed by atoms with Crippen molar-refractivity contribution in [2.24, 2.45) is 0 Å². The van der Waals surface area contributed by atoms with E-state index >= 15 is 0 Å². The Balaban J connectivity index is 0.00000137. The van der Waals surface area contributed by atoms with Gasteiger partial charge in [-0.25, -0.2) is 0 Å². The minimum absolute atomic E-state index is 0.305. The second kappa shape index (κ2) is 10.3. The molecular weight excluding hydrogens is 228 g/mol. The first-order valence-corrected chi connectivity index (χ1v) is 7.38. The Morgan fingerprint density at radius 2 is 1.89 bits per heavy atom. The molecule has 1 aliphatic heterocycles. The highest BCUT2D eigenvalue weighted by Gasteiger charge is 2.30. The number of rotatable bonds is 6. The van der Waals surface area contributed by atoms with Gasteiger partial charge in [-0.1, -0.05) is 40.5 Å². The maximum Gasteiger partial charge on any atom is 0.322 e. The first-order chi connectivity index (χ1) is 8.69. The van der Waals surface area contributed by atoms with Crippen LogP contribution in [0.2, 0.25) is 0 Å². The van der Waals surface area contributed by atoms with Gasteiger partial charge in [0.2, 0.25) is 0 Å². The summed E-state index contributed by atoms with van der Waals surface area (Å²) in [5, 5.41) is 9.16. The van der Waals surface area contributed by atoms with Gasteiger partial charge in [-0.3, -0.25) is 14.6 Å². The Labute approximate surface area is 112 Å². The van der Waals surface area contributed by atoms with Crippen LogP contribution in [0, 0.1) is 0 Å². The van der Waals surface area contributed by atoms with Crippen LogP contribution in [0.15, 0.2) is 0 Å². The van der Waals surface area contributed by atoms with Crippen molar-refractivity contribution in [3.05, 3.63) is 0 Å². The maximum atomic E-state index is 11.1. The zero-order valence-electron chi connectivity index (χ0n) is 12.5. The van der Waals surface area contributed by atoms with Gasteiger partial charge >= 0.3 is 5.97 Å². The average molecular weight is 258 g/mol. The van der Waals surface area contributed by atoms with Gasteiger partial charge in [-0.05, 0) is 19.5 Å². The van der Waals surface area contributed by atoms with Crippen LogP contribution < -0.4 is 0 Å². The van der Waals surface area contributed by atoms with E-state index in [4.69, 9.17) is 5.11 Å². The highest BCUT2D eigenvalue weighted by Crippen LogP contribution is 2.11. The molecule has 18 heavy (non-hydrogen) atoms. The van der Waals surface area contributed by atoms with Crippen molar-refractivity contribution in [2.45, 2.75) is 53.0 Å². The molecule has 0 aliphatic carbocycles. The number of carboxylic acid groups (broad SMARTS) is 1. The molecule has 1 rings (SSSR count). The van der Waals surface area contributed by atoms with Crippen molar-refractivity contribution in [3.63, 3.8) is 0 Å². The van der Waals surface area contributed by atoms with E-state index in [-0.39, 0.29) is 6.04 Å². The minimum Gasteiger partial charge on any atom is -0.480 e. The number of unbranched alkanes of at least 4 members (excludes halogenated alkanes) is 2. The Morgan fingerprint density at radius 1 is 1.22 bits per heavy atom. The van der Waals surface area contributed by atoms with Crippen molar-refractivity contribution in [3.8, 4) is 0 Å². The zero-order valence-corrected chi connectivity index (χ0v) is 12.5. The molecule has 1 saturated heterocycles. The van der Waals surface area contributed by atoms with E-state index in [1.807, 2.05) is 20.8 Å². The Hall–Kier alpha value is -0.610. The second-order valence-corrected chi connectivity index (χ2v) is 4.49. The van der Waals surface area contributed by atoms with Gasteiger partial charge in [-0.2, -0.15) is 0 Å². The maximum absolute atomic E-state index is 11.1. The van der Waals surface area contributed by atoms with E-state index in [1.165, 1.54) is 19.3 Å². The molecule has 4 heteroatoms. The molecule has 1 fully saturated rings. The van der Waals surface area contributed by atoms with Crippen LogP contribution >= 0.6 is 0 Å². The largest absolute Gasteiger partial charge is 0.480 e. The molecular formula is C14H30N2O2. The lowest BCUT2D eigenvalue weighted by atomic mass is 10.1. The number of hydrogen-bond donors (Lipinski definition) is 1. The third-order valence-corrected chi connectivity index (χ3v) is 3.34. The number of likely N-dealkylation sites (N-methyl/N-ethyl adjacent to an activating group) is 1. The molecule has 0 aromatic carbocycles. The van der Waals surface area contributed by atoms with Crippen molar-refractivity contribution in [1.29, 1.82) is 0 Å². The van der Waals surface area contributed by atoms with Gasteiger partial charge in [0, 0.05) is 19.6 Å². The summed E-state index contributed by atoms with van der Waals surface area (Å²) in [5.41, 5.74) is 0. The van der Waals surface area contributed by atoms with Crippen molar-refractivity contribution >= 4 is 5.97 Å². The van der Waals surface area contributed by atoms with Gasteiger partial charge in [-0.15, -0.1) is 0 Å². The van der Waals surface area contributed by atoms with Gasteiger partial charge in [0.25, 0.3) is 0 Å². The first kappa shape index (κ1) is 17.4. The molecule has 0 aromatic heterocycles. The van der Waals surface area contributed by atoms with E-state index in [1.54, 1.807) is 0 Å². The lowest BCUT2D eigenvalue weighted by Gasteiger charge is -2.38. The fraction of sp³-hybridized carbons (Fsp3) is 0.929. The SMILES string of the molecule is CC.CCCCCN1CCN(CC)C(C(=O)O)C1. The van der Waals surface area contributed by atoms with Crippen molar-refractivity contribution in [2.75, 3.05) is 32.7 Å². The molecule has 0 radical (unpaired) electrons. The summed E-state index contributed by atoms with van der Waals surface area (Å²) in [6.07, 6.45) is 3.65. The summed E-state index contributed by atoms with van der Waals surface area (Å²) in [4.78, 5) is 15.5. The molecule has 0 bridgehead atoms. The number of piperazine rings is 1. The third kappa shape index (κ3) is 5.83. The molecule has 0 amide bonds. The van der Waals surface area contributed by atoms with Crippen LogP contribution in [0.25, 0.3) is 0 Å². The highest BCUT2D eigenvalue weighted by molar-refractivity contribution is 5.73. The predicted molar refractivity (Wildman–Crippen MR) is 76.0 cm³/mol. The fourth-order valence-corrected chi connectivity index (χ4v) is 2.28. The molecule has 0 saturated carbocycles. The Morgan fingerprint density at radius 3 is 2.39 bits per heavy atom. The summed E-state index contributed by atoms with van der Waals surface area (Å²) in [6, 6.07) is -0.305. The normalized spacial score (nSPS) is 21.2. The van der Waals surface area contributed by atoms with Gasteiger partial charge in [0.1, 0.15) is 6.04 Å². The van der Waals surface area contributed by atoms with Crippen LogP contribution in [0.3, 0.4) is 0 Å². The molecule has 1 atom stereocenters. The standard InChI is InChI=1S/C12H24N2O2.C2H6/c1-3-5-6-7-13-8-9-14(4-2)11(10-13)12(15)16;1-2/h11H,3-10H2,1-2H3,(H,15,16);1-2H3. The number of hydrogen-bond acceptors (Lipinski definition) is 3. The van der Waals surface area contributed by atoms with Gasteiger partial charge < -0.3 is 5.11 Å². The number of aliphatic carboxylic acids is 1. The van der Waals surface area contributed by atoms with Crippen LogP contribution in [-0.4, -0.2) is 59.6 Å². The van der Waals surface area contributed by atoms with Gasteiger partial charge in [0.05, 0.1) is 0 Å². The van der Waals surface area contributed by atoms with Crippen LogP contribution in [0.1, 0.15) is 47.0 Å². The summed E-state index contributed by atoms with van der Waals surface area (Å²) in [5.74, 6) is -0.679. The lowest BCUT2D eigenvalue weighted by molar-refractivity contribution is -0.145. The summed E-state index contributed by atoms with van der Waals surface area (Å²) < 4.78 is 0. The fourth-order valence-electron chi connectivity index (χ4n) is 2.28. The molecule has 1 heterocycles. The molecule has 108 valence electrons. The molecule has 0 spiro atoms. The predicted octanol–water partition coefficient (Wildman–Crippen LogP) is 2.29. The van der Waals surface area contributed by atoms with Crippen LogP contribution in [0.5, 0.6) is 0 Å². The molecule has 0 aromatic rings. The summed E-state index contributed by atoms with van der Waals surface area (Å²) in [7, 11) is 0. The minimum atomic E-state index is -0.679. The molecule has 4 nitrogen and oxygen atoms in total. The average Bonchev–Trinajstić information content (AvgIpc) is 2.41. The zero-order chi connectivity index (χ0) is 14.0. The third-order valence-electron chi connectivity index (χ3n) is 3.34. The molecule has 1 unspecified atom stereocenters. The number of carbonyl (C=O) groups is 1. The van der Waals surface area contributed by atoms with Crippen LogP contribution in [0.4, 0.5) is 0 Å². The molecule has 1 N–H and O–H groups in total. The van der Waals surface area contributed by atoms with E-state index in [0.717, 1.165) is 26.2 Å². The number of nitrogens with zero attached hydrogens (tertiary/aromatic N) is 2. The van der Waals surface area contributed by atoms with Crippen molar-refractivity contribution in [1.82, 2.24) is 9.80 Å². The molecule has 1 aliphatic rings. The highest BCUT2D eigenvalue weighted by atomic mass is 16.4. The number of carboxylic acids is 1. The lowest BCUT2D eigenvalue weighted by Crippen LogP contribution is -2.56. The van der Waals surface area contributed by atoms with Gasteiger partial charge in [0.15, 0.2) is 0 Å². The summed E-state index contributed by atoms with van der Waals surface area (Å²) >= 11 is 0. The van der Waals surface area contributed by atoms with Crippen molar-refractivity contribution < 1.29 is 9.90 Å². The second-order valence-electron chi connectivity index (χ2n) is 4.49. The quantitative estimate of drug-likeness (QED) is 0.742. The van der Waals surface area contributed by atoms with E-state index in [2.05, 4.69) is 16.7 Å². The summed E-state index contributed by atoms with van der Waals surface area (Å²) in [6.45, 7) is 12.7. The first-order valence-electron chi connectivity index (χ1n) is 7.38. The van der Waals surface area contributed by atoms with Crippen LogP contribution in [-0.2, 0) is 4.79 Å². The topological polar surface area (TPSA) is 43.8 Å². The Bertz CT molecular complexity index is 220. The monoisotopic (exact) mass is 258 g/mol. The van der Waals surface area contributed by atoms with E-state index in [9.17, 15) is 4.79 Å². The van der Waals surface area contributed by atoms with E-state index in [0.29, 0.717) is 6.54 Å². The van der Waals surface area contributed by atoms with E-state index < -0.39 is 5.97 Å². The Kier molecular flexibility index (Phi) is 9.98.